The van der Waals surface area contributed by atoms with Crippen molar-refractivity contribution >= 4 is 23.3 Å². The van der Waals surface area contributed by atoms with E-state index in [2.05, 4.69) is 5.32 Å². The molecule has 110 valence electrons. The Hall–Kier alpha value is -1.88. The van der Waals surface area contributed by atoms with Crippen molar-refractivity contribution in [2.45, 2.75) is 6.92 Å². The maximum atomic E-state index is 11.1. The van der Waals surface area contributed by atoms with Crippen LogP contribution in [0, 0.1) is 0 Å². The van der Waals surface area contributed by atoms with Crippen LogP contribution in [0.3, 0.4) is 0 Å². The van der Waals surface area contributed by atoms with E-state index in [4.69, 9.17) is 25.8 Å². The third-order valence-corrected chi connectivity index (χ3v) is 2.72. The van der Waals surface area contributed by atoms with Gasteiger partial charge in [-0.25, -0.2) is 4.79 Å². The topological polar surface area (TPSA) is 56.8 Å². The summed E-state index contributed by atoms with van der Waals surface area (Å²) in [5.41, 5.74) is 0.724. The lowest BCUT2D eigenvalue weighted by Crippen LogP contribution is -2.04. The first-order chi connectivity index (χ1) is 9.62. The van der Waals surface area contributed by atoms with Crippen LogP contribution < -0.4 is 14.8 Å². The fourth-order valence-electron chi connectivity index (χ4n) is 1.51. The molecule has 1 rings (SSSR count). The Labute approximate surface area is 123 Å². The zero-order valence-electron chi connectivity index (χ0n) is 11.7. The van der Waals surface area contributed by atoms with Gasteiger partial charge in [-0.05, 0) is 6.92 Å². The monoisotopic (exact) mass is 299 g/mol. The van der Waals surface area contributed by atoms with Gasteiger partial charge in [-0.3, -0.25) is 0 Å². The molecule has 0 bridgehead atoms. The molecule has 0 saturated heterocycles. The van der Waals surface area contributed by atoms with Crippen LogP contribution in [0.25, 0.3) is 0 Å². The van der Waals surface area contributed by atoms with E-state index in [1.54, 1.807) is 32.2 Å². The Balaban J connectivity index is 2.69. The summed E-state index contributed by atoms with van der Waals surface area (Å²) in [6, 6.07) is 3.40. The molecule has 0 aliphatic heterocycles. The summed E-state index contributed by atoms with van der Waals surface area (Å²) in [5, 5.41) is 3.57. The van der Waals surface area contributed by atoms with Crippen LogP contribution in [0.5, 0.6) is 11.5 Å². The largest absolute Gasteiger partial charge is 0.495 e. The third kappa shape index (κ3) is 4.66. The highest BCUT2D eigenvalue weighted by Gasteiger charge is 2.08. The van der Waals surface area contributed by atoms with Gasteiger partial charge in [0.05, 0.1) is 31.5 Å². The number of halogens is 1. The molecule has 0 fully saturated rings. The van der Waals surface area contributed by atoms with Gasteiger partial charge >= 0.3 is 5.97 Å². The summed E-state index contributed by atoms with van der Waals surface area (Å²) in [4.78, 5) is 11.1. The molecule has 0 aliphatic rings. The highest BCUT2D eigenvalue weighted by molar-refractivity contribution is 6.32. The van der Waals surface area contributed by atoms with Gasteiger partial charge in [0.15, 0.2) is 0 Å². The van der Waals surface area contributed by atoms with Crippen molar-refractivity contribution < 1.29 is 19.0 Å². The number of anilines is 1. The first kappa shape index (κ1) is 16.2. The zero-order chi connectivity index (χ0) is 15.0. The summed E-state index contributed by atoms with van der Waals surface area (Å²) in [6.07, 6.45) is 3.04. The maximum absolute atomic E-state index is 11.1. The van der Waals surface area contributed by atoms with Crippen LogP contribution in [-0.2, 0) is 9.53 Å². The molecule has 0 heterocycles. The maximum Gasteiger partial charge on any atom is 0.330 e. The summed E-state index contributed by atoms with van der Waals surface area (Å²) in [6.45, 7) is 2.56. The SMILES string of the molecule is CCOC(=O)/C=C/CNc1cc(OC)c(Cl)cc1OC. The van der Waals surface area contributed by atoms with Crippen LogP contribution in [0.4, 0.5) is 5.69 Å². The van der Waals surface area contributed by atoms with E-state index < -0.39 is 0 Å². The smallest absolute Gasteiger partial charge is 0.330 e. The normalized spacial score (nSPS) is 10.4. The predicted octanol–water partition coefficient (Wildman–Crippen LogP) is 2.89. The summed E-state index contributed by atoms with van der Waals surface area (Å²) >= 11 is 6.01. The lowest BCUT2D eigenvalue weighted by Gasteiger charge is -2.12. The van der Waals surface area contributed by atoms with Crippen molar-refractivity contribution in [1.82, 2.24) is 0 Å². The molecule has 0 aromatic heterocycles. The number of hydrogen-bond acceptors (Lipinski definition) is 5. The third-order valence-electron chi connectivity index (χ3n) is 2.42. The molecule has 5 nitrogen and oxygen atoms in total. The molecule has 0 atom stereocenters. The first-order valence-corrected chi connectivity index (χ1v) is 6.48. The van der Waals surface area contributed by atoms with Crippen molar-refractivity contribution in [3.8, 4) is 11.5 Å². The minimum Gasteiger partial charge on any atom is -0.495 e. The Kier molecular flexibility index (Phi) is 6.73. The molecule has 0 aliphatic carbocycles. The van der Waals surface area contributed by atoms with Gasteiger partial charge < -0.3 is 19.5 Å². The Bertz CT molecular complexity index is 488. The Morgan fingerprint density at radius 3 is 2.60 bits per heavy atom. The van der Waals surface area contributed by atoms with Crippen molar-refractivity contribution in [2.75, 3.05) is 32.7 Å². The number of ether oxygens (including phenoxy) is 3. The van der Waals surface area contributed by atoms with Gasteiger partial charge in [0.1, 0.15) is 11.5 Å². The van der Waals surface area contributed by atoms with Gasteiger partial charge in [-0.2, -0.15) is 0 Å². The summed E-state index contributed by atoms with van der Waals surface area (Å²) < 4.78 is 15.1. The van der Waals surface area contributed by atoms with E-state index in [0.717, 1.165) is 5.69 Å². The van der Waals surface area contributed by atoms with E-state index in [1.807, 2.05) is 0 Å². The quantitative estimate of drug-likeness (QED) is 0.620. The number of nitrogens with one attached hydrogen (secondary N) is 1. The van der Waals surface area contributed by atoms with E-state index in [0.29, 0.717) is 29.7 Å². The molecule has 0 unspecified atom stereocenters. The number of carbonyl (C=O) groups excluding carboxylic acids is 1. The molecule has 1 aromatic rings. The van der Waals surface area contributed by atoms with E-state index in [1.165, 1.54) is 13.2 Å². The minimum absolute atomic E-state index is 0.360. The summed E-state index contributed by atoms with van der Waals surface area (Å²) in [5.74, 6) is 0.777. The number of methoxy groups -OCH3 is 2. The fourth-order valence-corrected chi connectivity index (χ4v) is 1.74. The van der Waals surface area contributed by atoms with Crippen molar-refractivity contribution in [3.63, 3.8) is 0 Å². The second-order valence-electron chi connectivity index (χ2n) is 3.72. The van der Waals surface area contributed by atoms with Crippen LogP contribution in [-0.4, -0.2) is 33.3 Å². The van der Waals surface area contributed by atoms with Crippen LogP contribution in [0.1, 0.15) is 6.92 Å². The van der Waals surface area contributed by atoms with Gasteiger partial charge in [0, 0.05) is 24.8 Å². The minimum atomic E-state index is -0.366. The van der Waals surface area contributed by atoms with Gasteiger partial charge in [0.2, 0.25) is 0 Å². The second kappa shape index (κ2) is 8.32. The molecular formula is C14H18ClNO4. The number of hydrogen-bond donors (Lipinski definition) is 1. The standard InChI is InChI=1S/C14H18ClNO4/c1-4-20-14(17)6-5-7-16-11-9-12(18-2)10(15)8-13(11)19-3/h5-6,8-9,16H,4,7H2,1-3H3/b6-5+. The Morgan fingerprint density at radius 1 is 1.30 bits per heavy atom. The highest BCUT2D eigenvalue weighted by Crippen LogP contribution is 2.35. The van der Waals surface area contributed by atoms with Crippen LogP contribution in [0.15, 0.2) is 24.3 Å². The molecule has 0 spiro atoms. The predicted molar refractivity (Wildman–Crippen MR) is 78.8 cm³/mol. The van der Waals surface area contributed by atoms with Gasteiger partial charge in [-0.15, -0.1) is 0 Å². The molecule has 0 saturated carbocycles. The number of esters is 1. The van der Waals surface area contributed by atoms with Crippen molar-refractivity contribution in [2.24, 2.45) is 0 Å². The lowest BCUT2D eigenvalue weighted by molar-refractivity contribution is -0.137. The Morgan fingerprint density at radius 2 is 2.00 bits per heavy atom. The van der Waals surface area contributed by atoms with Gasteiger partial charge in [-0.1, -0.05) is 17.7 Å². The van der Waals surface area contributed by atoms with Crippen LogP contribution >= 0.6 is 11.6 Å². The first-order valence-electron chi connectivity index (χ1n) is 6.11. The van der Waals surface area contributed by atoms with Gasteiger partial charge in [0.25, 0.3) is 0 Å². The molecule has 0 amide bonds. The fraction of sp³-hybridized carbons (Fsp3) is 0.357. The molecule has 20 heavy (non-hydrogen) atoms. The molecule has 6 heteroatoms. The van der Waals surface area contributed by atoms with Crippen molar-refractivity contribution in [1.29, 1.82) is 0 Å². The van der Waals surface area contributed by atoms with E-state index in [9.17, 15) is 4.79 Å². The average Bonchev–Trinajstić information content (AvgIpc) is 2.44. The zero-order valence-corrected chi connectivity index (χ0v) is 12.5. The lowest BCUT2D eigenvalue weighted by atomic mass is 10.2. The van der Waals surface area contributed by atoms with Crippen molar-refractivity contribution in [3.05, 3.63) is 29.3 Å². The van der Waals surface area contributed by atoms with Crippen LogP contribution in [0.2, 0.25) is 5.02 Å². The average molecular weight is 300 g/mol. The molecule has 0 radical (unpaired) electrons. The molecule has 1 aromatic carbocycles. The summed E-state index contributed by atoms with van der Waals surface area (Å²) in [7, 11) is 3.09. The molecular weight excluding hydrogens is 282 g/mol. The number of rotatable bonds is 7. The molecule has 1 N–H and O–H groups in total. The second-order valence-corrected chi connectivity index (χ2v) is 4.13. The number of carbonyl (C=O) groups is 1. The van der Waals surface area contributed by atoms with E-state index >= 15 is 0 Å². The van der Waals surface area contributed by atoms with E-state index in [-0.39, 0.29) is 5.97 Å². The number of benzene rings is 1. The highest BCUT2D eigenvalue weighted by atomic mass is 35.5.